The molecular weight excluding hydrogens is 364 g/mol. The van der Waals surface area contributed by atoms with Crippen LogP contribution in [0.25, 0.3) is 11.0 Å². The van der Waals surface area contributed by atoms with Crippen LogP contribution in [0.4, 0.5) is 0 Å². The van der Waals surface area contributed by atoms with Crippen LogP contribution in [0.1, 0.15) is 22.8 Å². The molecule has 2 heterocycles. The van der Waals surface area contributed by atoms with Gasteiger partial charge in [-0.25, -0.2) is 4.98 Å². The van der Waals surface area contributed by atoms with E-state index in [-0.39, 0.29) is 11.7 Å². The molecule has 3 rings (SSSR count). The van der Waals surface area contributed by atoms with E-state index in [2.05, 4.69) is 15.3 Å². The molecule has 0 fully saturated rings. The van der Waals surface area contributed by atoms with Gasteiger partial charge in [-0.1, -0.05) is 12.1 Å². The highest BCUT2D eigenvalue weighted by Gasteiger charge is 2.25. The Morgan fingerprint density at radius 2 is 2.11 bits per heavy atom. The minimum absolute atomic E-state index is 0.163. The number of aromatic nitrogens is 2. The van der Waals surface area contributed by atoms with Crippen molar-refractivity contribution in [3.8, 4) is 0 Å². The van der Waals surface area contributed by atoms with Crippen LogP contribution in [0.3, 0.4) is 0 Å². The van der Waals surface area contributed by atoms with Crippen molar-refractivity contribution in [2.24, 2.45) is 0 Å². The number of nitrogens with one attached hydrogen (secondary N) is 2. The standard InChI is InChI=1S/C19H22N4O3S/c1-23(12-17-20-13-6-3-4-7-14(13)21-17)19(25)15(9-11-27-2)22-18(24)16-8-5-10-26-16/h3-8,10,15H,9,11-12H2,1-2H3,(H,20,21)(H,22,24)/t15-/m1/s1. The molecule has 2 amide bonds. The molecule has 1 aromatic carbocycles. The van der Waals surface area contributed by atoms with Gasteiger partial charge >= 0.3 is 0 Å². The lowest BCUT2D eigenvalue weighted by Gasteiger charge is -2.23. The van der Waals surface area contributed by atoms with Crippen molar-refractivity contribution in [1.29, 1.82) is 0 Å². The zero-order chi connectivity index (χ0) is 19.2. The third-order valence-corrected chi connectivity index (χ3v) is 4.80. The van der Waals surface area contributed by atoms with Crippen LogP contribution >= 0.6 is 11.8 Å². The van der Waals surface area contributed by atoms with Crippen LogP contribution in [-0.4, -0.2) is 51.8 Å². The SMILES string of the molecule is CSCC[C@@H](NC(=O)c1ccco1)C(=O)N(C)Cc1nc2ccccc2[nH]1. The zero-order valence-corrected chi connectivity index (χ0v) is 16.1. The summed E-state index contributed by atoms with van der Waals surface area (Å²) in [6, 6.07) is 10.3. The summed E-state index contributed by atoms with van der Waals surface area (Å²) in [6.07, 6.45) is 3.94. The van der Waals surface area contributed by atoms with E-state index in [1.165, 1.54) is 6.26 Å². The lowest BCUT2D eigenvalue weighted by Crippen LogP contribution is -2.47. The number of likely N-dealkylation sites (N-methyl/N-ethyl adjacent to an activating group) is 1. The van der Waals surface area contributed by atoms with Gasteiger partial charge in [0.1, 0.15) is 11.9 Å². The summed E-state index contributed by atoms with van der Waals surface area (Å²) in [4.78, 5) is 34.5. The fraction of sp³-hybridized carbons (Fsp3) is 0.316. The first-order valence-corrected chi connectivity index (χ1v) is 9.99. The third kappa shape index (κ3) is 4.71. The van der Waals surface area contributed by atoms with Gasteiger partial charge in [0.25, 0.3) is 5.91 Å². The molecule has 2 aromatic heterocycles. The molecule has 0 saturated heterocycles. The van der Waals surface area contributed by atoms with Gasteiger partial charge in [0, 0.05) is 7.05 Å². The van der Waals surface area contributed by atoms with Gasteiger partial charge in [-0.2, -0.15) is 11.8 Å². The van der Waals surface area contributed by atoms with Gasteiger partial charge in [0.2, 0.25) is 5.91 Å². The Morgan fingerprint density at radius 3 is 2.81 bits per heavy atom. The Kier molecular flexibility index (Phi) is 6.18. The predicted octanol–water partition coefficient (Wildman–Crippen LogP) is 2.67. The van der Waals surface area contributed by atoms with E-state index in [1.54, 1.807) is 35.8 Å². The Balaban J connectivity index is 1.68. The van der Waals surface area contributed by atoms with Crippen LogP contribution in [-0.2, 0) is 11.3 Å². The van der Waals surface area contributed by atoms with Gasteiger partial charge in [-0.15, -0.1) is 0 Å². The predicted molar refractivity (Wildman–Crippen MR) is 106 cm³/mol. The smallest absolute Gasteiger partial charge is 0.287 e. The number of carbonyl (C=O) groups excluding carboxylic acids is 2. The Morgan fingerprint density at radius 1 is 1.30 bits per heavy atom. The molecule has 27 heavy (non-hydrogen) atoms. The largest absolute Gasteiger partial charge is 0.459 e. The minimum Gasteiger partial charge on any atom is -0.459 e. The number of benzene rings is 1. The van der Waals surface area contributed by atoms with Crippen molar-refractivity contribution < 1.29 is 14.0 Å². The van der Waals surface area contributed by atoms with Gasteiger partial charge in [0.15, 0.2) is 5.76 Å². The maximum absolute atomic E-state index is 12.9. The van der Waals surface area contributed by atoms with Crippen LogP contribution in [0.15, 0.2) is 47.1 Å². The van der Waals surface area contributed by atoms with E-state index >= 15 is 0 Å². The molecule has 8 heteroatoms. The van der Waals surface area contributed by atoms with Crippen molar-refractivity contribution in [1.82, 2.24) is 20.2 Å². The maximum Gasteiger partial charge on any atom is 0.287 e. The molecule has 7 nitrogen and oxygen atoms in total. The van der Waals surface area contributed by atoms with E-state index in [1.807, 2.05) is 30.5 Å². The molecule has 0 saturated carbocycles. The summed E-state index contributed by atoms with van der Waals surface area (Å²) >= 11 is 1.63. The Bertz CT molecular complexity index is 874. The molecule has 0 aliphatic heterocycles. The highest BCUT2D eigenvalue weighted by Crippen LogP contribution is 2.13. The molecule has 0 bridgehead atoms. The van der Waals surface area contributed by atoms with Gasteiger partial charge in [-0.05, 0) is 42.7 Å². The van der Waals surface area contributed by atoms with Crippen LogP contribution in [0, 0.1) is 0 Å². The van der Waals surface area contributed by atoms with Gasteiger partial charge < -0.3 is 19.6 Å². The highest BCUT2D eigenvalue weighted by atomic mass is 32.2. The second-order valence-electron chi connectivity index (χ2n) is 6.18. The second kappa shape index (κ2) is 8.77. The van der Waals surface area contributed by atoms with E-state index in [4.69, 9.17) is 4.42 Å². The summed E-state index contributed by atoms with van der Waals surface area (Å²) in [7, 11) is 1.71. The number of fused-ring (bicyclic) bond motifs is 1. The molecule has 142 valence electrons. The van der Waals surface area contributed by atoms with Crippen molar-refractivity contribution in [2.75, 3.05) is 19.1 Å². The molecule has 1 atom stereocenters. The van der Waals surface area contributed by atoms with E-state index in [9.17, 15) is 9.59 Å². The van der Waals surface area contributed by atoms with E-state index in [0.29, 0.717) is 18.8 Å². The van der Waals surface area contributed by atoms with Crippen LogP contribution in [0.2, 0.25) is 0 Å². The third-order valence-electron chi connectivity index (χ3n) is 4.16. The van der Waals surface area contributed by atoms with Crippen LogP contribution in [0.5, 0.6) is 0 Å². The van der Waals surface area contributed by atoms with Crippen molar-refractivity contribution in [3.05, 3.63) is 54.2 Å². The lowest BCUT2D eigenvalue weighted by molar-refractivity contribution is -0.132. The number of hydrogen-bond donors (Lipinski definition) is 2. The molecule has 2 N–H and O–H groups in total. The quantitative estimate of drug-likeness (QED) is 0.621. The average Bonchev–Trinajstić information content (AvgIpc) is 3.33. The average molecular weight is 386 g/mol. The number of amides is 2. The zero-order valence-electron chi connectivity index (χ0n) is 15.3. The number of nitrogens with zero attached hydrogens (tertiary/aromatic N) is 2. The number of para-hydroxylation sites is 2. The molecular formula is C19H22N4O3S. The first kappa shape index (κ1) is 19.0. The number of thioether (sulfide) groups is 1. The monoisotopic (exact) mass is 386 g/mol. The number of carbonyl (C=O) groups is 2. The van der Waals surface area contributed by atoms with Gasteiger partial charge in [0.05, 0.1) is 23.8 Å². The molecule has 0 aliphatic carbocycles. The Labute approximate surface area is 161 Å². The van der Waals surface area contributed by atoms with Crippen molar-refractivity contribution in [3.63, 3.8) is 0 Å². The first-order valence-electron chi connectivity index (χ1n) is 8.60. The number of furan rings is 1. The normalized spacial score (nSPS) is 12.1. The molecule has 0 unspecified atom stereocenters. The summed E-state index contributed by atoms with van der Waals surface area (Å²) in [5, 5.41) is 2.78. The van der Waals surface area contributed by atoms with Crippen molar-refractivity contribution in [2.45, 2.75) is 19.0 Å². The van der Waals surface area contributed by atoms with E-state index < -0.39 is 11.9 Å². The highest BCUT2D eigenvalue weighted by molar-refractivity contribution is 7.98. The number of H-pyrrole nitrogens is 1. The number of rotatable bonds is 8. The van der Waals surface area contributed by atoms with Gasteiger partial charge in [-0.3, -0.25) is 9.59 Å². The number of hydrogen-bond acceptors (Lipinski definition) is 5. The molecule has 0 aliphatic rings. The minimum atomic E-state index is -0.621. The summed E-state index contributed by atoms with van der Waals surface area (Å²) in [6.45, 7) is 0.333. The second-order valence-corrected chi connectivity index (χ2v) is 7.17. The molecule has 3 aromatic rings. The fourth-order valence-corrected chi connectivity index (χ4v) is 3.25. The Hall–Kier alpha value is -2.74. The topological polar surface area (TPSA) is 91.2 Å². The number of imidazole rings is 1. The lowest BCUT2D eigenvalue weighted by atomic mass is 10.2. The number of aromatic amines is 1. The first-order chi connectivity index (χ1) is 13.1. The summed E-state index contributed by atoms with van der Waals surface area (Å²) in [5.41, 5.74) is 1.79. The maximum atomic E-state index is 12.9. The summed E-state index contributed by atoms with van der Waals surface area (Å²) < 4.78 is 5.11. The summed E-state index contributed by atoms with van der Waals surface area (Å²) in [5.74, 6) is 1.10. The fourth-order valence-electron chi connectivity index (χ4n) is 2.78. The van der Waals surface area contributed by atoms with Crippen molar-refractivity contribution >= 4 is 34.6 Å². The van der Waals surface area contributed by atoms with E-state index in [0.717, 1.165) is 16.8 Å². The van der Waals surface area contributed by atoms with Crippen LogP contribution < -0.4 is 5.32 Å². The molecule has 0 spiro atoms. The molecule has 0 radical (unpaired) electrons.